The highest BCUT2D eigenvalue weighted by atomic mass is 15.2. The Bertz CT molecular complexity index is 929. The fourth-order valence-corrected chi connectivity index (χ4v) is 3.52. The molecule has 1 aliphatic heterocycles. The fraction of sp³-hybridized carbons (Fsp3) is 0.190. The number of hydrogen-bond acceptors (Lipinski definition) is 4. The molecule has 1 aliphatic rings. The molecule has 5 heteroatoms. The number of rotatable bonds is 4. The Kier molecular flexibility index (Phi) is 4.35. The number of aromatic amines is 1. The summed E-state index contributed by atoms with van der Waals surface area (Å²) in [6.45, 7) is 1.92. The van der Waals surface area contributed by atoms with E-state index in [1.54, 1.807) is 6.20 Å². The van der Waals surface area contributed by atoms with Crippen LogP contribution in [0.15, 0.2) is 66.6 Å². The molecule has 0 spiro atoms. The SMILES string of the molecule is N/C=C(\C(=C(/N)N1CCCC1)c1nc2ccccc2[nH]1)c1ccccc1. The molecule has 0 saturated carbocycles. The molecule has 1 saturated heterocycles. The lowest BCUT2D eigenvalue weighted by atomic mass is 9.97. The van der Waals surface area contributed by atoms with E-state index < -0.39 is 0 Å². The number of nitrogens with two attached hydrogens (primary N) is 2. The third kappa shape index (κ3) is 2.92. The minimum atomic E-state index is 0.724. The molecule has 132 valence electrons. The molecule has 0 radical (unpaired) electrons. The van der Waals surface area contributed by atoms with E-state index in [1.807, 2.05) is 54.6 Å². The van der Waals surface area contributed by atoms with Crippen molar-refractivity contribution in [2.75, 3.05) is 13.1 Å². The molecule has 0 amide bonds. The van der Waals surface area contributed by atoms with Gasteiger partial charge < -0.3 is 21.4 Å². The number of nitrogens with one attached hydrogen (secondary N) is 1. The van der Waals surface area contributed by atoms with Gasteiger partial charge in [-0.1, -0.05) is 42.5 Å². The molecular formula is C21H23N5. The Labute approximate surface area is 153 Å². The van der Waals surface area contributed by atoms with Crippen molar-refractivity contribution in [3.8, 4) is 0 Å². The van der Waals surface area contributed by atoms with Gasteiger partial charge in [-0.05, 0) is 30.5 Å². The van der Waals surface area contributed by atoms with Crippen LogP contribution < -0.4 is 11.5 Å². The maximum Gasteiger partial charge on any atom is 0.142 e. The maximum absolute atomic E-state index is 6.64. The zero-order valence-corrected chi connectivity index (χ0v) is 14.7. The standard InChI is InChI=1S/C21H23N5/c22-14-16(15-8-2-1-3-9-15)19(20(23)26-12-6-7-13-26)21-24-17-10-4-5-11-18(17)25-21/h1-5,8-11,14H,6-7,12-13,22-23H2,(H,24,25)/b16-14-,20-19-. The van der Waals surface area contributed by atoms with Gasteiger partial charge in [0, 0.05) is 24.9 Å². The van der Waals surface area contributed by atoms with Crippen LogP contribution in [0, 0.1) is 0 Å². The van der Waals surface area contributed by atoms with Crippen LogP contribution in [0.1, 0.15) is 24.2 Å². The van der Waals surface area contributed by atoms with E-state index in [9.17, 15) is 0 Å². The smallest absolute Gasteiger partial charge is 0.142 e. The van der Waals surface area contributed by atoms with Gasteiger partial charge >= 0.3 is 0 Å². The van der Waals surface area contributed by atoms with Gasteiger partial charge in [-0.3, -0.25) is 0 Å². The van der Waals surface area contributed by atoms with Crippen LogP contribution in [0.3, 0.4) is 0 Å². The highest BCUT2D eigenvalue weighted by molar-refractivity contribution is 6.05. The van der Waals surface area contributed by atoms with Crippen LogP contribution in [0.5, 0.6) is 0 Å². The van der Waals surface area contributed by atoms with Crippen LogP contribution in [0.2, 0.25) is 0 Å². The van der Waals surface area contributed by atoms with E-state index >= 15 is 0 Å². The van der Waals surface area contributed by atoms with Gasteiger partial charge in [0.25, 0.3) is 0 Å². The number of H-pyrrole nitrogens is 1. The molecule has 0 unspecified atom stereocenters. The van der Waals surface area contributed by atoms with Gasteiger partial charge in [0.05, 0.1) is 16.6 Å². The van der Waals surface area contributed by atoms with Crippen LogP contribution >= 0.6 is 0 Å². The van der Waals surface area contributed by atoms with Crippen molar-refractivity contribution in [2.45, 2.75) is 12.8 Å². The van der Waals surface area contributed by atoms with E-state index in [-0.39, 0.29) is 0 Å². The molecule has 26 heavy (non-hydrogen) atoms. The molecule has 1 aromatic heterocycles. The summed E-state index contributed by atoms with van der Waals surface area (Å²) >= 11 is 0. The Balaban J connectivity index is 1.90. The number of likely N-dealkylation sites (tertiary alicyclic amines) is 1. The predicted molar refractivity (Wildman–Crippen MR) is 107 cm³/mol. The van der Waals surface area contributed by atoms with Crippen molar-refractivity contribution in [2.24, 2.45) is 11.5 Å². The number of allylic oxidation sites excluding steroid dienone is 2. The predicted octanol–water partition coefficient (Wildman–Crippen LogP) is 3.29. The summed E-state index contributed by atoms with van der Waals surface area (Å²) in [5.41, 5.74) is 17.4. The number of benzene rings is 2. The lowest BCUT2D eigenvalue weighted by Crippen LogP contribution is -2.26. The number of hydrogen-bond donors (Lipinski definition) is 3. The zero-order valence-electron chi connectivity index (χ0n) is 14.7. The minimum Gasteiger partial charge on any atom is -0.404 e. The van der Waals surface area contributed by atoms with Crippen LogP contribution in [0.25, 0.3) is 22.2 Å². The van der Waals surface area contributed by atoms with Crippen molar-refractivity contribution in [3.05, 3.63) is 78.0 Å². The molecule has 4 rings (SSSR count). The Morgan fingerprint density at radius 1 is 1.00 bits per heavy atom. The van der Waals surface area contributed by atoms with E-state index in [0.29, 0.717) is 0 Å². The molecule has 5 N–H and O–H groups in total. The second-order valence-corrected chi connectivity index (χ2v) is 6.50. The summed E-state index contributed by atoms with van der Waals surface area (Å²) in [7, 11) is 0. The zero-order chi connectivity index (χ0) is 17.9. The Hall–Kier alpha value is -3.21. The van der Waals surface area contributed by atoms with Crippen molar-refractivity contribution in [1.29, 1.82) is 0 Å². The van der Waals surface area contributed by atoms with Crippen molar-refractivity contribution in [3.63, 3.8) is 0 Å². The third-order valence-corrected chi connectivity index (χ3v) is 4.85. The van der Waals surface area contributed by atoms with Gasteiger partial charge in [0.2, 0.25) is 0 Å². The number of fused-ring (bicyclic) bond motifs is 1. The molecule has 3 aromatic rings. The molecular weight excluding hydrogens is 322 g/mol. The first-order chi connectivity index (χ1) is 12.8. The maximum atomic E-state index is 6.64. The van der Waals surface area contributed by atoms with Gasteiger partial charge in [0.15, 0.2) is 0 Å². The molecule has 0 bridgehead atoms. The summed E-state index contributed by atoms with van der Waals surface area (Å²) in [4.78, 5) is 10.4. The summed E-state index contributed by atoms with van der Waals surface area (Å²) < 4.78 is 0. The van der Waals surface area contributed by atoms with E-state index in [4.69, 9.17) is 16.5 Å². The van der Waals surface area contributed by atoms with E-state index in [1.165, 1.54) is 0 Å². The van der Waals surface area contributed by atoms with Crippen molar-refractivity contribution >= 4 is 22.2 Å². The summed E-state index contributed by atoms with van der Waals surface area (Å²) in [6.07, 6.45) is 3.93. The van der Waals surface area contributed by atoms with Crippen molar-refractivity contribution in [1.82, 2.24) is 14.9 Å². The van der Waals surface area contributed by atoms with Gasteiger partial charge in [-0.25, -0.2) is 4.98 Å². The second kappa shape index (κ2) is 6.96. The Morgan fingerprint density at radius 2 is 1.69 bits per heavy atom. The van der Waals surface area contributed by atoms with Gasteiger partial charge in [-0.15, -0.1) is 0 Å². The molecule has 5 nitrogen and oxygen atoms in total. The summed E-state index contributed by atoms with van der Waals surface area (Å²) in [6, 6.07) is 18.1. The number of nitrogens with zero attached hydrogens (tertiary/aromatic N) is 2. The van der Waals surface area contributed by atoms with Crippen LogP contribution in [0.4, 0.5) is 0 Å². The third-order valence-electron chi connectivity index (χ3n) is 4.85. The van der Waals surface area contributed by atoms with Gasteiger partial charge in [-0.2, -0.15) is 0 Å². The quantitative estimate of drug-likeness (QED) is 0.634. The second-order valence-electron chi connectivity index (χ2n) is 6.50. The largest absolute Gasteiger partial charge is 0.404 e. The Morgan fingerprint density at radius 3 is 2.38 bits per heavy atom. The fourth-order valence-electron chi connectivity index (χ4n) is 3.52. The lowest BCUT2D eigenvalue weighted by Gasteiger charge is -2.22. The first kappa shape index (κ1) is 16.3. The van der Waals surface area contributed by atoms with Crippen LogP contribution in [-0.2, 0) is 0 Å². The van der Waals surface area contributed by atoms with Crippen LogP contribution in [-0.4, -0.2) is 28.0 Å². The minimum absolute atomic E-state index is 0.724. The number of aromatic nitrogens is 2. The topological polar surface area (TPSA) is 84.0 Å². The molecule has 0 aliphatic carbocycles. The van der Waals surface area contributed by atoms with Crippen molar-refractivity contribution < 1.29 is 0 Å². The molecule has 2 heterocycles. The number of imidazole rings is 1. The summed E-state index contributed by atoms with van der Waals surface area (Å²) in [5, 5.41) is 0. The molecule has 2 aromatic carbocycles. The first-order valence-corrected chi connectivity index (χ1v) is 8.95. The average Bonchev–Trinajstić information content (AvgIpc) is 3.35. The molecule has 0 atom stereocenters. The number of para-hydroxylation sites is 2. The highest BCUT2D eigenvalue weighted by Crippen LogP contribution is 2.33. The van der Waals surface area contributed by atoms with E-state index in [0.717, 1.165) is 65.3 Å². The monoisotopic (exact) mass is 345 g/mol. The average molecular weight is 345 g/mol. The van der Waals surface area contributed by atoms with E-state index in [2.05, 4.69) is 9.88 Å². The first-order valence-electron chi connectivity index (χ1n) is 8.95. The highest BCUT2D eigenvalue weighted by Gasteiger charge is 2.23. The summed E-state index contributed by atoms with van der Waals surface area (Å²) in [5.74, 6) is 1.47. The lowest BCUT2D eigenvalue weighted by molar-refractivity contribution is 0.424. The normalized spacial score (nSPS) is 16.2. The van der Waals surface area contributed by atoms with Gasteiger partial charge in [0.1, 0.15) is 11.6 Å². The molecule has 1 fully saturated rings.